The molecule has 1 aliphatic heterocycles. The van der Waals surface area contributed by atoms with Gasteiger partial charge < -0.3 is 14.4 Å². The smallest absolute Gasteiger partial charge is 0.135 e. The molecule has 4 heterocycles. The molecule has 1 aliphatic rings. The van der Waals surface area contributed by atoms with Crippen molar-refractivity contribution in [1.29, 1.82) is 0 Å². The molecule has 0 atom stereocenters. The summed E-state index contributed by atoms with van der Waals surface area (Å²) >= 11 is 0. The first kappa shape index (κ1) is 34.2. The maximum Gasteiger partial charge on any atom is 0.135 e. The second-order valence-corrected chi connectivity index (χ2v) is 13.1. The molecule has 0 aliphatic carbocycles. The van der Waals surface area contributed by atoms with Crippen molar-refractivity contribution in [3.63, 3.8) is 0 Å². The number of benzene rings is 6. The second kappa shape index (κ2) is 14.7. The Hall–Kier alpha value is -6.55. The third-order valence-electron chi connectivity index (χ3n) is 9.94. The zero-order valence-electron chi connectivity index (χ0n) is 29.5. The van der Waals surface area contributed by atoms with Gasteiger partial charge in [-0.05, 0) is 70.9 Å². The van der Waals surface area contributed by atoms with E-state index < -0.39 is 0 Å². The van der Waals surface area contributed by atoms with E-state index in [-0.39, 0.29) is 21.1 Å². The molecular formula is C49H32N5Pt-3. The van der Waals surface area contributed by atoms with Gasteiger partial charge in [0.2, 0.25) is 0 Å². The molecule has 0 fully saturated rings. The molecule has 0 spiro atoms. The van der Waals surface area contributed by atoms with Crippen molar-refractivity contribution in [1.82, 2.24) is 14.5 Å². The number of rotatable bonds is 7. The minimum atomic E-state index is 0. The molecule has 0 radical (unpaired) electrons. The van der Waals surface area contributed by atoms with Crippen LogP contribution in [0.5, 0.6) is 0 Å². The van der Waals surface area contributed by atoms with Crippen LogP contribution < -0.4 is 9.80 Å². The molecule has 0 saturated carbocycles. The second-order valence-electron chi connectivity index (χ2n) is 13.1. The summed E-state index contributed by atoms with van der Waals surface area (Å²) in [5.41, 5.74) is 11.9. The van der Waals surface area contributed by atoms with E-state index in [1.807, 2.05) is 36.7 Å². The van der Waals surface area contributed by atoms with Crippen molar-refractivity contribution in [2.75, 3.05) is 9.80 Å². The average molecular weight is 886 g/mol. The summed E-state index contributed by atoms with van der Waals surface area (Å²) in [5, 5.41) is 2.12. The van der Waals surface area contributed by atoms with E-state index in [0.717, 1.165) is 83.9 Å². The number of anilines is 4. The molecule has 6 heteroatoms. The molecule has 0 N–H and O–H groups in total. The predicted molar refractivity (Wildman–Crippen MR) is 220 cm³/mol. The van der Waals surface area contributed by atoms with E-state index >= 15 is 0 Å². The molecule has 0 saturated heterocycles. The van der Waals surface area contributed by atoms with Crippen molar-refractivity contribution in [3.05, 3.63) is 230 Å². The molecule has 0 bridgehead atoms. The molecule has 5 nitrogen and oxygen atoms in total. The Kier molecular flexibility index (Phi) is 9.15. The van der Waals surface area contributed by atoms with Gasteiger partial charge in [-0.2, -0.15) is 5.56 Å². The molecule has 266 valence electrons. The number of pyridine rings is 2. The Balaban J connectivity index is 0.00000397. The molecule has 9 aromatic rings. The fourth-order valence-corrected chi connectivity index (χ4v) is 7.53. The van der Waals surface area contributed by atoms with Crippen molar-refractivity contribution in [3.8, 4) is 5.82 Å². The van der Waals surface area contributed by atoms with Crippen molar-refractivity contribution >= 4 is 55.7 Å². The topological polar surface area (TPSA) is 37.2 Å². The average Bonchev–Trinajstić information content (AvgIpc) is 3.80. The van der Waals surface area contributed by atoms with E-state index in [9.17, 15) is 0 Å². The maximum atomic E-state index is 5.23. The first-order valence-electron chi connectivity index (χ1n) is 18.0. The molecule has 6 aromatic carbocycles. The summed E-state index contributed by atoms with van der Waals surface area (Å²) in [6.07, 6.45) is 3.82. The van der Waals surface area contributed by atoms with Crippen LogP contribution in [-0.2, 0) is 21.1 Å². The van der Waals surface area contributed by atoms with E-state index in [1.54, 1.807) is 0 Å². The van der Waals surface area contributed by atoms with Crippen molar-refractivity contribution in [2.45, 2.75) is 0 Å². The number of aromatic nitrogens is 3. The molecule has 3 aromatic heterocycles. The first-order valence-corrected chi connectivity index (χ1v) is 18.0. The Morgan fingerprint density at radius 3 is 1.85 bits per heavy atom. The predicted octanol–water partition coefficient (Wildman–Crippen LogP) is 11.6. The summed E-state index contributed by atoms with van der Waals surface area (Å²) in [7, 11) is 0. The van der Waals surface area contributed by atoms with Crippen LogP contribution in [0.15, 0.2) is 188 Å². The third kappa shape index (κ3) is 6.13. The third-order valence-corrected chi connectivity index (χ3v) is 9.94. The van der Waals surface area contributed by atoms with Crippen LogP contribution in [0.1, 0.15) is 22.4 Å². The number of nitrogens with zero attached hydrogens (tertiary/aromatic N) is 5. The van der Waals surface area contributed by atoms with Crippen LogP contribution in [0.4, 0.5) is 22.7 Å². The van der Waals surface area contributed by atoms with Gasteiger partial charge in [-0.1, -0.05) is 137 Å². The van der Waals surface area contributed by atoms with Crippen molar-refractivity contribution < 1.29 is 21.1 Å². The monoisotopic (exact) mass is 885 g/mol. The maximum absolute atomic E-state index is 5.23. The van der Waals surface area contributed by atoms with E-state index in [2.05, 4.69) is 185 Å². The molecular weight excluding hydrogens is 854 g/mol. The van der Waals surface area contributed by atoms with Gasteiger partial charge in [0.1, 0.15) is 5.82 Å². The number of hydrogen-bond acceptors (Lipinski definition) is 4. The van der Waals surface area contributed by atoms with Gasteiger partial charge in [0.15, 0.2) is 0 Å². The van der Waals surface area contributed by atoms with Crippen LogP contribution in [0, 0.1) is 18.8 Å². The van der Waals surface area contributed by atoms with E-state index in [4.69, 9.17) is 9.97 Å². The minimum absolute atomic E-state index is 0. The van der Waals surface area contributed by atoms with Gasteiger partial charge in [0.25, 0.3) is 0 Å². The standard InChI is InChI=1S/C49H32N5.Pt/c1-4-17-35(18-5-1)48(36-19-6-2-7-20-36)49(42-32-46-41(33-51-42)40-25-10-11-26-43(40)54(46)47-29-14-15-30-50-47)37-21-16-24-39(31-37)53-34-52(38-22-8-3-9-23-38)44-27-12-13-28-45(44)53;/h1-30,33-34H;/q-3;. The van der Waals surface area contributed by atoms with Crippen LogP contribution in [0.2, 0.25) is 0 Å². The zero-order valence-corrected chi connectivity index (χ0v) is 31.8. The summed E-state index contributed by atoms with van der Waals surface area (Å²) < 4.78 is 2.19. The Morgan fingerprint density at radius 1 is 0.509 bits per heavy atom. The number of fused-ring (bicyclic) bond motifs is 4. The number of para-hydroxylation sites is 4. The van der Waals surface area contributed by atoms with E-state index in [1.165, 1.54) is 0 Å². The summed E-state index contributed by atoms with van der Waals surface area (Å²) in [4.78, 5) is 14.5. The van der Waals surface area contributed by atoms with Gasteiger partial charge in [0, 0.05) is 49.8 Å². The van der Waals surface area contributed by atoms with Crippen LogP contribution in [0.25, 0.3) is 38.8 Å². The van der Waals surface area contributed by atoms with Crippen LogP contribution >= 0.6 is 0 Å². The molecule has 0 unspecified atom stereocenters. The van der Waals surface area contributed by atoms with Crippen LogP contribution in [-0.4, -0.2) is 14.5 Å². The summed E-state index contributed by atoms with van der Waals surface area (Å²) in [6.45, 7) is 2.15. The van der Waals surface area contributed by atoms with Gasteiger partial charge >= 0.3 is 0 Å². The van der Waals surface area contributed by atoms with E-state index in [0.29, 0.717) is 0 Å². The fraction of sp³-hybridized carbons (Fsp3) is 0. The van der Waals surface area contributed by atoms with Gasteiger partial charge in [-0.25, -0.2) is 4.98 Å². The van der Waals surface area contributed by atoms with Crippen LogP contribution in [0.3, 0.4) is 0 Å². The Labute approximate surface area is 334 Å². The van der Waals surface area contributed by atoms with Gasteiger partial charge in [0.05, 0.1) is 0 Å². The Bertz CT molecular complexity index is 2760. The molecule has 55 heavy (non-hydrogen) atoms. The van der Waals surface area contributed by atoms with Gasteiger partial charge in [-0.3, -0.25) is 4.98 Å². The molecule has 0 amide bonds. The molecule has 10 rings (SSSR count). The largest absolute Gasteiger partial charge is 0.488 e. The zero-order chi connectivity index (χ0) is 35.8. The first-order chi connectivity index (χ1) is 26.8. The van der Waals surface area contributed by atoms with Crippen molar-refractivity contribution in [2.24, 2.45) is 0 Å². The van der Waals surface area contributed by atoms with Gasteiger partial charge in [-0.15, -0.1) is 42.6 Å². The Morgan fingerprint density at radius 2 is 1.15 bits per heavy atom. The minimum Gasteiger partial charge on any atom is -0.488 e. The quantitative estimate of drug-likeness (QED) is 0.118. The fourth-order valence-electron chi connectivity index (χ4n) is 7.53. The summed E-state index contributed by atoms with van der Waals surface area (Å²) in [6, 6.07) is 68.5. The summed E-state index contributed by atoms with van der Waals surface area (Å²) in [5.74, 6) is 0.828. The normalized spacial score (nSPS) is 12.1. The number of hydrogen-bond donors (Lipinski definition) is 0. The SMILES string of the molecule is [Pt].[c-]1c(C(=C(c2ccccc2)c2ccccc2)c2[c-]c3c(cn2)c2ccccc2n3-c2ccccn2)cccc1N1[CH-]N(c2ccccc2)c2ccccc21.